The Morgan fingerprint density at radius 1 is 1.23 bits per heavy atom. The van der Waals surface area contributed by atoms with Crippen LogP contribution in [0.4, 0.5) is 18.9 Å². The molecule has 0 radical (unpaired) electrons. The number of amides is 2. The van der Waals surface area contributed by atoms with Crippen molar-refractivity contribution in [1.29, 1.82) is 0 Å². The molecule has 1 spiro atoms. The highest BCUT2D eigenvalue weighted by Gasteiger charge is 2.60. The SMILES string of the molecule is O=C(CN1C(=O)C2(CC(Oc3ccc4[nH]ncc4n3)C2)c2ccncc21)N1CCCC1C(F)(F)F. The van der Waals surface area contributed by atoms with Crippen LogP contribution < -0.4 is 9.64 Å². The van der Waals surface area contributed by atoms with Gasteiger partial charge in [0.15, 0.2) is 0 Å². The molecule has 5 heterocycles. The Morgan fingerprint density at radius 2 is 2.06 bits per heavy atom. The average molecular weight is 486 g/mol. The summed E-state index contributed by atoms with van der Waals surface area (Å²) in [6.45, 7) is -0.421. The van der Waals surface area contributed by atoms with Crippen molar-refractivity contribution < 1.29 is 27.5 Å². The zero-order valence-electron chi connectivity index (χ0n) is 18.5. The number of hydrogen-bond donors (Lipinski definition) is 1. The molecule has 1 unspecified atom stereocenters. The maximum absolute atomic E-state index is 13.6. The maximum atomic E-state index is 13.6. The molecular weight excluding hydrogens is 465 g/mol. The molecule has 1 aliphatic carbocycles. The molecule has 9 nitrogen and oxygen atoms in total. The highest BCUT2D eigenvalue weighted by atomic mass is 19.4. The molecule has 6 rings (SSSR count). The number of aromatic nitrogens is 4. The summed E-state index contributed by atoms with van der Waals surface area (Å²) >= 11 is 0. The number of likely N-dealkylation sites (tertiary alicyclic amines) is 1. The van der Waals surface area contributed by atoms with E-state index in [1.807, 2.05) is 0 Å². The summed E-state index contributed by atoms with van der Waals surface area (Å²) < 4.78 is 46.1. The Balaban J connectivity index is 1.20. The number of halogens is 3. The molecular formula is C23H21F3N6O3. The fraction of sp³-hybridized carbons (Fsp3) is 0.435. The van der Waals surface area contributed by atoms with Crippen LogP contribution in [0, 0.1) is 0 Å². The summed E-state index contributed by atoms with van der Waals surface area (Å²) in [7, 11) is 0. The van der Waals surface area contributed by atoms with Crippen LogP contribution in [-0.4, -0.2) is 68.3 Å². The molecule has 35 heavy (non-hydrogen) atoms. The predicted molar refractivity (Wildman–Crippen MR) is 117 cm³/mol. The third kappa shape index (κ3) is 3.41. The molecule has 12 heteroatoms. The van der Waals surface area contributed by atoms with Crippen molar-refractivity contribution in [3.63, 3.8) is 0 Å². The number of anilines is 1. The lowest BCUT2D eigenvalue weighted by molar-refractivity contribution is -0.182. The van der Waals surface area contributed by atoms with Gasteiger partial charge in [-0.05, 0) is 30.5 Å². The summed E-state index contributed by atoms with van der Waals surface area (Å²) in [6, 6.07) is 3.45. The van der Waals surface area contributed by atoms with Crippen LogP contribution in [0.1, 0.15) is 31.2 Å². The van der Waals surface area contributed by atoms with Gasteiger partial charge in [0.05, 0.1) is 29.0 Å². The van der Waals surface area contributed by atoms with Gasteiger partial charge in [0, 0.05) is 31.6 Å². The average Bonchev–Trinajstić information content (AvgIpc) is 3.52. The molecule has 1 atom stereocenters. The van der Waals surface area contributed by atoms with E-state index < -0.39 is 30.1 Å². The number of nitrogens with one attached hydrogen (secondary N) is 1. The minimum absolute atomic E-state index is 0.0278. The second-order valence-corrected chi connectivity index (χ2v) is 9.25. The first-order chi connectivity index (χ1) is 16.8. The predicted octanol–water partition coefficient (Wildman–Crippen LogP) is 2.73. The van der Waals surface area contributed by atoms with E-state index in [4.69, 9.17) is 4.74 Å². The van der Waals surface area contributed by atoms with Crippen LogP contribution in [0.5, 0.6) is 5.88 Å². The minimum Gasteiger partial charge on any atom is -0.474 e. The normalized spacial score (nSPS) is 25.9. The minimum atomic E-state index is -4.49. The van der Waals surface area contributed by atoms with E-state index >= 15 is 0 Å². The molecule has 2 aliphatic heterocycles. The van der Waals surface area contributed by atoms with Crippen molar-refractivity contribution >= 4 is 28.5 Å². The molecule has 182 valence electrons. The number of pyridine rings is 2. The Morgan fingerprint density at radius 3 is 2.86 bits per heavy atom. The third-order valence-corrected chi connectivity index (χ3v) is 7.22. The van der Waals surface area contributed by atoms with Gasteiger partial charge in [-0.2, -0.15) is 18.3 Å². The Labute approximate surface area is 197 Å². The molecule has 3 aliphatic rings. The number of nitrogens with zero attached hydrogens (tertiary/aromatic N) is 5. The number of carbonyl (C=O) groups is 2. The zero-order valence-corrected chi connectivity index (χ0v) is 18.5. The number of aromatic amines is 1. The topological polar surface area (TPSA) is 104 Å². The van der Waals surface area contributed by atoms with Crippen LogP contribution >= 0.6 is 0 Å². The van der Waals surface area contributed by atoms with Crippen molar-refractivity contribution in [1.82, 2.24) is 25.1 Å². The zero-order chi connectivity index (χ0) is 24.4. The highest BCUT2D eigenvalue weighted by Crippen LogP contribution is 2.54. The number of alkyl halides is 3. The first-order valence-corrected chi connectivity index (χ1v) is 11.4. The monoisotopic (exact) mass is 486 g/mol. The molecule has 2 amide bonds. The van der Waals surface area contributed by atoms with Gasteiger partial charge in [0.25, 0.3) is 0 Å². The van der Waals surface area contributed by atoms with Crippen molar-refractivity contribution in [3.05, 3.63) is 42.4 Å². The molecule has 2 fully saturated rings. The Kier molecular flexibility index (Phi) is 4.77. The van der Waals surface area contributed by atoms with Crippen LogP contribution in [0.2, 0.25) is 0 Å². The van der Waals surface area contributed by atoms with E-state index in [2.05, 4.69) is 20.2 Å². The number of carbonyl (C=O) groups excluding carboxylic acids is 2. The Bertz CT molecular complexity index is 1320. The molecule has 0 aromatic carbocycles. The van der Waals surface area contributed by atoms with Gasteiger partial charge < -0.3 is 14.5 Å². The van der Waals surface area contributed by atoms with Gasteiger partial charge in [-0.3, -0.25) is 19.7 Å². The third-order valence-electron chi connectivity index (χ3n) is 7.22. The summed E-state index contributed by atoms with van der Waals surface area (Å²) in [5.74, 6) is -0.608. The van der Waals surface area contributed by atoms with Crippen molar-refractivity contribution in [2.45, 2.75) is 49.4 Å². The van der Waals surface area contributed by atoms with E-state index in [1.54, 1.807) is 30.6 Å². The smallest absolute Gasteiger partial charge is 0.408 e. The van der Waals surface area contributed by atoms with Crippen LogP contribution in [0.15, 0.2) is 36.8 Å². The molecule has 1 saturated carbocycles. The number of H-pyrrole nitrogens is 1. The largest absolute Gasteiger partial charge is 0.474 e. The maximum Gasteiger partial charge on any atom is 0.408 e. The van der Waals surface area contributed by atoms with Gasteiger partial charge in [-0.25, -0.2) is 4.98 Å². The Hall–Kier alpha value is -3.70. The molecule has 1 N–H and O–H groups in total. The number of hydrogen-bond acceptors (Lipinski definition) is 6. The van der Waals surface area contributed by atoms with Crippen LogP contribution in [-0.2, 0) is 15.0 Å². The molecule has 3 aromatic heterocycles. The summed E-state index contributed by atoms with van der Waals surface area (Å²) in [5, 5.41) is 6.75. The molecule has 3 aromatic rings. The fourth-order valence-corrected chi connectivity index (χ4v) is 5.52. The lowest BCUT2D eigenvalue weighted by Gasteiger charge is -2.43. The standard InChI is InChI=1S/C23H21F3N6O3/c24-23(25,26)18-2-1-7-31(18)20(33)12-32-17-11-27-6-5-14(17)22(21(32)34)8-13(9-22)35-19-4-3-15-16(29-19)10-28-30-15/h3-6,10-11,13,18H,1-2,7-9,12H2,(H,28,30). The first kappa shape index (κ1) is 21.8. The van der Waals surface area contributed by atoms with E-state index in [0.29, 0.717) is 29.9 Å². The summed E-state index contributed by atoms with van der Waals surface area (Å²) in [5.41, 5.74) is 1.73. The van der Waals surface area contributed by atoms with Crippen LogP contribution in [0.3, 0.4) is 0 Å². The quantitative estimate of drug-likeness (QED) is 0.608. The van der Waals surface area contributed by atoms with Gasteiger partial charge in [0.2, 0.25) is 17.7 Å². The van der Waals surface area contributed by atoms with E-state index in [1.165, 1.54) is 11.1 Å². The molecule has 0 bridgehead atoms. The lowest BCUT2D eigenvalue weighted by atomic mass is 9.63. The second-order valence-electron chi connectivity index (χ2n) is 9.25. The number of ether oxygens (including phenoxy) is 1. The lowest BCUT2D eigenvalue weighted by Crippen LogP contribution is -2.55. The van der Waals surface area contributed by atoms with Gasteiger partial charge in [-0.1, -0.05) is 0 Å². The number of fused-ring (bicyclic) bond motifs is 3. The first-order valence-electron chi connectivity index (χ1n) is 11.4. The number of rotatable bonds is 4. The van der Waals surface area contributed by atoms with Crippen LogP contribution in [0.25, 0.3) is 11.0 Å². The van der Waals surface area contributed by atoms with E-state index in [9.17, 15) is 22.8 Å². The second kappa shape index (κ2) is 7.65. The van der Waals surface area contributed by atoms with E-state index in [-0.39, 0.29) is 31.4 Å². The van der Waals surface area contributed by atoms with Gasteiger partial charge in [0.1, 0.15) is 24.2 Å². The highest BCUT2D eigenvalue weighted by molar-refractivity contribution is 6.11. The van der Waals surface area contributed by atoms with Gasteiger partial charge in [-0.15, -0.1) is 0 Å². The summed E-state index contributed by atoms with van der Waals surface area (Å²) in [4.78, 5) is 37.1. The van der Waals surface area contributed by atoms with Crippen molar-refractivity contribution in [2.75, 3.05) is 18.0 Å². The van der Waals surface area contributed by atoms with Crippen molar-refractivity contribution in [3.8, 4) is 5.88 Å². The van der Waals surface area contributed by atoms with Crippen molar-refractivity contribution in [2.24, 2.45) is 0 Å². The van der Waals surface area contributed by atoms with Gasteiger partial charge >= 0.3 is 6.18 Å². The molecule has 1 saturated heterocycles. The summed E-state index contributed by atoms with van der Waals surface area (Å²) in [6.07, 6.45) is 0.778. The van der Waals surface area contributed by atoms with E-state index in [0.717, 1.165) is 16.0 Å². The fourth-order valence-electron chi connectivity index (χ4n) is 5.52.